The van der Waals surface area contributed by atoms with Gasteiger partial charge in [0.05, 0.1) is 36.6 Å². The number of nitrogens with zero attached hydrogens (tertiary/aromatic N) is 5. The van der Waals surface area contributed by atoms with E-state index in [1.165, 1.54) is 0 Å². The Bertz CT molecular complexity index is 1810. The predicted molar refractivity (Wildman–Crippen MR) is 185 cm³/mol. The number of para-hydroxylation sites is 1. The molecule has 2 amide bonds. The zero-order chi connectivity index (χ0) is 33.6. The van der Waals surface area contributed by atoms with Gasteiger partial charge in [-0.3, -0.25) is 14.3 Å². The number of rotatable bonds is 10. The number of hydrogen-bond acceptors (Lipinski definition) is 7. The molecule has 0 bridgehead atoms. The summed E-state index contributed by atoms with van der Waals surface area (Å²) in [6, 6.07) is 25.5. The molecule has 2 fully saturated rings. The summed E-state index contributed by atoms with van der Waals surface area (Å²) in [6.45, 7) is 7.35. The molecule has 4 aromatic rings. The summed E-state index contributed by atoms with van der Waals surface area (Å²) < 4.78 is 8.74. The van der Waals surface area contributed by atoms with Crippen molar-refractivity contribution < 1.29 is 24.2 Å². The predicted octanol–water partition coefficient (Wildman–Crippen LogP) is 4.96. The molecule has 4 heterocycles. The third-order valence-electron chi connectivity index (χ3n) is 10.5. The molecule has 2 N–H and O–H groups in total. The summed E-state index contributed by atoms with van der Waals surface area (Å²) >= 11 is 0. The van der Waals surface area contributed by atoms with E-state index in [1.54, 1.807) is 4.68 Å². The van der Waals surface area contributed by atoms with E-state index in [-0.39, 0.29) is 41.9 Å². The molecule has 1 unspecified atom stereocenters. The Kier molecular flexibility index (Phi) is 8.57. The summed E-state index contributed by atoms with van der Waals surface area (Å²) in [6.07, 6.45) is 3.42. The molecule has 11 heteroatoms. The monoisotopic (exact) mass is 665 g/mol. The lowest BCUT2D eigenvalue weighted by atomic mass is 9.82. The van der Waals surface area contributed by atoms with Crippen LogP contribution in [0.1, 0.15) is 54.5 Å². The molecular weight excluding hydrogens is 623 g/mol. The van der Waals surface area contributed by atoms with Crippen LogP contribution in [0.4, 0.5) is 11.4 Å². The third-order valence-corrected chi connectivity index (χ3v) is 13.0. The van der Waals surface area contributed by atoms with Gasteiger partial charge in [-0.15, -0.1) is 5.10 Å². The van der Waals surface area contributed by atoms with Crippen LogP contribution in [-0.2, 0) is 33.0 Å². The van der Waals surface area contributed by atoms with Crippen LogP contribution >= 0.6 is 0 Å². The van der Waals surface area contributed by atoms with Crippen molar-refractivity contribution in [2.75, 3.05) is 23.0 Å². The Morgan fingerprint density at radius 2 is 1.81 bits per heavy atom. The Morgan fingerprint density at radius 3 is 2.54 bits per heavy atom. The van der Waals surface area contributed by atoms with Gasteiger partial charge in [-0.2, -0.15) is 0 Å². The first-order valence-electron chi connectivity index (χ1n) is 16.9. The molecule has 5 atom stereocenters. The van der Waals surface area contributed by atoms with E-state index in [0.717, 1.165) is 34.5 Å². The molecule has 48 heavy (non-hydrogen) atoms. The van der Waals surface area contributed by atoms with Gasteiger partial charge in [0.15, 0.2) is 13.9 Å². The van der Waals surface area contributed by atoms with Crippen molar-refractivity contribution in [3.05, 3.63) is 107 Å². The van der Waals surface area contributed by atoms with Crippen molar-refractivity contribution in [2.45, 2.75) is 75.5 Å². The van der Waals surface area contributed by atoms with Crippen LogP contribution in [0, 0.1) is 5.92 Å². The number of carbonyl (C=O) groups is 2. The van der Waals surface area contributed by atoms with Gasteiger partial charge in [-0.05, 0) is 55.3 Å². The Labute approximate surface area is 282 Å². The first kappa shape index (κ1) is 32.4. The third kappa shape index (κ3) is 5.58. The number of carbonyl (C=O) groups excluding carboxylic acids is 2. The van der Waals surface area contributed by atoms with Gasteiger partial charge in [0, 0.05) is 48.4 Å². The zero-order valence-corrected chi connectivity index (χ0v) is 28.7. The van der Waals surface area contributed by atoms with E-state index in [1.807, 2.05) is 115 Å². The molecule has 250 valence electrons. The molecule has 3 aliphatic heterocycles. The highest BCUT2D eigenvalue weighted by Crippen LogP contribution is 2.59. The minimum Gasteiger partial charge on any atom is -0.432 e. The number of aryl methyl sites for hydroxylation is 1. The van der Waals surface area contributed by atoms with E-state index < -0.39 is 13.9 Å². The topological polar surface area (TPSA) is 121 Å². The quantitative estimate of drug-likeness (QED) is 0.230. The average Bonchev–Trinajstić information content (AvgIpc) is 3.84. The number of amides is 2. The number of anilines is 2. The van der Waals surface area contributed by atoms with Crippen LogP contribution in [-0.4, -0.2) is 64.3 Å². The highest BCUT2D eigenvalue weighted by molar-refractivity contribution is 6.71. The van der Waals surface area contributed by atoms with Gasteiger partial charge in [-0.25, -0.2) is 0 Å². The maximum Gasteiger partial charge on any atom is 0.264 e. The lowest BCUT2D eigenvalue weighted by molar-refractivity contribution is -0.146. The molecule has 1 spiro atoms. The number of aliphatic hydroxyl groups is 1. The zero-order valence-electron chi connectivity index (χ0n) is 27.7. The molecule has 10 nitrogen and oxygen atoms in total. The molecule has 3 aliphatic rings. The summed E-state index contributed by atoms with van der Waals surface area (Å²) in [4.78, 5) is 42.5. The number of hydrogen-bond donors (Lipinski definition) is 2. The maximum absolute atomic E-state index is 14.8. The van der Waals surface area contributed by atoms with Crippen LogP contribution < -0.4 is 9.80 Å². The highest BCUT2D eigenvalue weighted by Gasteiger charge is 2.66. The molecular formula is C37H43N5O5Si. The molecule has 2 saturated heterocycles. The lowest BCUT2D eigenvalue weighted by Gasteiger charge is -2.32. The molecule has 7 rings (SSSR count). The number of aliphatic hydroxyl groups excluding tert-OH is 1. The van der Waals surface area contributed by atoms with Crippen molar-refractivity contribution in [3.63, 3.8) is 0 Å². The van der Waals surface area contributed by atoms with E-state index in [9.17, 15) is 19.5 Å². The van der Waals surface area contributed by atoms with Gasteiger partial charge in [0.1, 0.15) is 0 Å². The number of aromatic nitrogens is 3. The fraction of sp³-hybridized carbons (Fsp3) is 0.405. The summed E-state index contributed by atoms with van der Waals surface area (Å²) in [7, 11) is -2.83. The SMILES string of the molecule is C[C@@H]1[C@@H]([Si](C)(C)O)[C@H](CCn2cc(C(CO)c3ccccc3)nn2)O[C@@]12C(=O)N(Cc1cccc(N3CCCC3=O)c1)c1ccccc12. The van der Waals surface area contributed by atoms with Crippen LogP contribution in [0.3, 0.4) is 0 Å². The van der Waals surface area contributed by atoms with Gasteiger partial charge in [0.2, 0.25) is 5.91 Å². The van der Waals surface area contributed by atoms with Gasteiger partial charge in [-0.1, -0.05) is 72.8 Å². The van der Waals surface area contributed by atoms with Crippen LogP contribution in [0.5, 0.6) is 0 Å². The highest BCUT2D eigenvalue weighted by atomic mass is 28.4. The summed E-state index contributed by atoms with van der Waals surface area (Å²) in [5.41, 5.74) is 3.63. The normalized spacial score (nSPS) is 24.6. The largest absolute Gasteiger partial charge is 0.432 e. The van der Waals surface area contributed by atoms with Crippen LogP contribution in [0.2, 0.25) is 18.6 Å². The van der Waals surface area contributed by atoms with Gasteiger partial charge >= 0.3 is 0 Å². The fourth-order valence-electron chi connectivity index (χ4n) is 8.28. The van der Waals surface area contributed by atoms with Crippen molar-refractivity contribution >= 4 is 31.5 Å². The second kappa shape index (κ2) is 12.7. The van der Waals surface area contributed by atoms with Crippen molar-refractivity contribution in [2.24, 2.45) is 5.92 Å². The first-order valence-corrected chi connectivity index (χ1v) is 19.9. The van der Waals surface area contributed by atoms with Crippen molar-refractivity contribution in [1.82, 2.24) is 15.0 Å². The van der Waals surface area contributed by atoms with E-state index in [2.05, 4.69) is 10.3 Å². The van der Waals surface area contributed by atoms with Crippen LogP contribution in [0.15, 0.2) is 85.1 Å². The smallest absolute Gasteiger partial charge is 0.264 e. The molecule has 0 aliphatic carbocycles. The Balaban J connectivity index is 1.15. The lowest BCUT2D eigenvalue weighted by Crippen LogP contribution is -2.46. The minimum atomic E-state index is -2.83. The molecule has 0 radical (unpaired) electrons. The Hall–Kier alpha value is -4.16. The minimum absolute atomic E-state index is 0.0838. The second-order valence-electron chi connectivity index (χ2n) is 13.9. The Morgan fingerprint density at radius 1 is 1.04 bits per heavy atom. The maximum atomic E-state index is 14.8. The standard InChI is InChI=1S/C37H43N5O5Si/c1-25-35(48(2,3)46)33(18-20-40-23-31(38-39-40)29(24-43)27-12-5-4-6-13-27)47-37(25)30-15-7-8-16-32(30)42(36(37)45)22-26-11-9-14-28(21-26)41-19-10-17-34(41)44/h4-9,11-16,21,23,25,29,33,35,43,46H,10,17-20,22,24H2,1-3H3/t25-,29?,33+,35-,37+/m1/s1. The van der Waals surface area contributed by atoms with Gasteiger partial charge < -0.3 is 24.4 Å². The summed E-state index contributed by atoms with van der Waals surface area (Å²) in [5, 5.41) is 18.9. The van der Waals surface area contributed by atoms with Gasteiger partial charge in [0.25, 0.3) is 5.91 Å². The van der Waals surface area contributed by atoms with E-state index in [0.29, 0.717) is 38.2 Å². The number of benzene rings is 3. The molecule has 1 aromatic heterocycles. The van der Waals surface area contributed by atoms with Crippen molar-refractivity contribution in [3.8, 4) is 0 Å². The second-order valence-corrected chi connectivity index (χ2v) is 17.9. The molecule has 3 aromatic carbocycles. The number of fused-ring (bicyclic) bond motifs is 2. The van der Waals surface area contributed by atoms with E-state index in [4.69, 9.17) is 4.74 Å². The first-order chi connectivity index (χ1) is 23.1. The number of ether oxygens (including phenoxy) is 1. The van der Waals surface area contributed by atoms with Crippen LogP contribution in [0.25, 0.3) is 0 Å². The summed E-state index contributed by atoms with van der Waals surface area (Å²) in [5.74, 6) is -0.551. The van der Waals surface area contributed by atoms with E-state index >= 15 is 0 Å². The fourth-order valence-corrected chi connectivity index (χ4v) is 10.9. The average molecular weight is 666 g/mol. The molecule has 0 saturated carbocycles. The van der Waals surface area contributed by atoms with Crippen molar-refractivity contribution in [1.29, 1.82) is 0 Å².